The molecule has 5 N–H and O–H groups in total. The van der Waals surface area contributed by atoms with Crippen LogP contribution in [0.5, 0.6) is 5.75 Å². The van der Waals surface area contributed by atoms with Gasteiger partial charge < -0.3 is 16.6 Å². The van der Waals surface area contributed by atoms with Gasteiger partial charge in [0, 0.05) is 23.0 Å². The van der Waals surface area contributed by atoms with Crippen LogP contribution in [0.15, 0.2) is 54.1 Å². The van der Waals surface area contributed by atoms with Crippen LogP contribution < -0.4 is 11.5 Å². The fraction of sp³-hybridized carbons (Fsp3) is 0.0952. The van der Waals surface area contributed by atoms with E-state index in [9.17, 15) is 5.11 Å². The topological polar surface area (TPSA) is 85.2 Å². The molecule has 0 aliphatic heterocycles. The first kappa shape index (κ1) is 17.9. The average molecular weight is 363 g/mol. The van der Waals surface area contributed by atoms with Gasteiger partial charge in [0.05, 0.1) is 0 Å². The molecule has 5 heteroatoms. The summed E-state index contributed by atoms with van der Waals surface area (Å²) in [4.78, 5) is 4.41. The third kappa shape index (κ3) is 3.39. The molecular formula is C21H21N3OS. The Morgan fingerprint density at radius 2 is 1.77 bits per heavy atom. The first-order valence-corrected chi connectivity index (χ1v) is 8.84. The molecule has 0 amide bonds. The zero-order valence-corrected chi connectivity index (χ0v) is 15.4. The molecule has 1 aromatic heterocycles. The van der Waals surface area contributed by atoms with E-state index in [2.05, 4.69) is 24.5 Å². The summed E-state index contributed by atoms with van der Waals surface area (Å²) in [5.74, 6) is 0.693. The molecule has 0 bridgehead atoms. The summed E-state index contributed by atoms with van der Waals surface area (Å²) in [6.07, 6.45) is 4.46. The molecule has 0 unspecified atom stereocenters. The molecule has 0 fully saturated rings. The highest BCUT2D eigenvalue weighted by atomic mass is 32.1. The van der Waals surface area contributed by atoms with Gasteiger partial charge in [-0.2, -0.15) is 12.6 Å². The predicted octanol–water partition coefficient (Wildman–Crippen LogP) is 4.75. The molecule has 0 saturated heterocycles. The van der Waals surface area contributed by atoms with Crippen molar-refractivity contribution >= 4 is 30.2 Å². The minimum absolute atomic E-state index is 0.219. The second-order valence-electron chi connectivity index (χ2n) is 5.97. The Kier molecular flexibility index (Phi) is 5.19. The van der Waals surface area contributed by atoms with E-state index in [4.69, 9.17) is 11.5 Å². The number of aromatic hydroxyl groups is 1. The van der Waals surface area contributed by atoms with E-state index in [1.165, 1.54) is 0 Å². The summed E-state index contributed by atoms with van der Waals surface area (Å²) in [5, 5.41) is 11.2. The molecule has 0 aliphatic rings. The summed E-state index contributed by atoms with van der Waals surface area (Å²) in [7, 11) is 0. The molecule has 1 heterocycles. The highest BCUT2D eigenvalue weighted by Gasteiger charge is 2.15. The number of hydrogen-bond acceptors (Lipinski definition) is 5. The molecule has 26 heavy (non-hydrogen) atoms. The van der Waals surface area contributed by atoms with Crippen molar-refractivity contribution in [1.29, 1.82) is 0 Å². The van der Waals surface area contributed by atoms with E-state index in [0.29, 0.717) is 11.5 Å². The number of hydrogen-bond donors (Lipinski definition) is 4. The van der Waals surface area contributed by atoms with Gasteiger partial charge in [0.25, 0.3) is 0 Å². The summed E-state index contributed by atoms with van der Waals surface area (Å²) >= 11 is 4.14. The van der Waals surface area contributed by atoms with Gasteiger partial charge in [0.15, 0.2) is 0 Å². The van der Waals surface area contributed by atoms with Crippen molar-refractivity contribution in [3.63, 3.8) is 0 Å². The van der Waals surface area contributed by atoms with Gasteiger partial charge in [0.1, 0.15) is 11.6 Å². The average Bonchev–Trinajstić information content (AvgIpc) is 2.64. The molecule has 2 aromatic carbocycles. The number of phenols is 1. The molecule has 3 aromatic rings. The Morgan fingerprint density at radius 3 is 2.42 bits per heavy atom. The van der Waals surface area contributed by atoms with Crippen LogP contribution in [0, 0.1) is 0 Å². The third-order valence-electron chi connectivity index (χ3n) is 4.38. The van der Waals surface area contributed by atoms with Crippen LogP contribution in [-0.4, -0.2) is 10.1 Å². The number of anilines is 2. The number of thiol groups is 1. The van der Waals surface area contributed by atoms with Gasteiger partial charge in [0.2, 0.25) is 0 Å². The fourth-order valence-electron chi connectivity index (χ4n) is 3.10. The van der Waals surface area contributed by atoms with E-state index in [1.807, 2.05) is 36.4 Å². The van der Waals surface area contributed by atoms with E-state index in [-0.39, 0.29) is 5.75 Å². The van der Waals surface area contributed by atoms with Gasteiger partial charge in [-0.3, -0.25) is 0 Å². The van der Waals surface area contributed by atoms with Crippen molar-refractivity contribution in [3.8, 4) is 28.0 Å². The smallest absolute Gasteiger partial charge is 0.131 e. The predicted molar refractivity (Wildman–Crippen MR) is 113 cm³/mol. The maximum atomic E-state index is 9.57. The lowest BCUT2D eigenvalue weighted by Gasteiger charge is -2.16. The molecule has 4 nitrogen and oxygen atoms in total. The molecule has 0 saturated carbocycles. The number of nitrogens with zero attached hydrogens (tertiary/aromatic N) is 1. The van der Waals surface area contributed by atoms with Crippen molar-refractivity contribution in [1.82, 2.24) is 4.98 Å². The second-order valence-corrected chi connectivity index (χ2v) is 6.27. The van der Waals surface area contributed by atoms with Gasteiger partial charge in [-0.1, -0.05) is 25.1 Å². The summed E-state index contributed by atoms with van der Waals surface area (Å²) in [6, 6.07) is 12.9. The zero-order valence-electron chi connectivity index (χ0n) is 14.5. The third-order valence-corrected chi connectivity index (χ3v) is 4.53. The van der Waals surface area contributed by atoms with Gasteiger partial charge in [-0.25, -0.2) is 4.98 Å². The summed E-state index contributed by atoms with van der Waals surface area (Å²) in [6.45, 7) is 2.09. The molecule has 132 valence electrons. The molecule has 0 atom stereocenters. The van der Waals surface area contributed by atoms with E-state index in [0.717, 1.165) is 39.8 Å². The molecule has 0 spiro atoms. The largest absolute Gasteiger partial charge is 0.508 e. The maximum Gasteiger partial charge on any atom is 0.131 e. The lowest BCUT2D eigenvalue weighted by Crippen LogP contribution is -2.01. The van der Waals surface area contributed by atoms with Crippen LogP contribution in [0.2, 0.25) is 0 Å². The van der Waals surface area contributed by atoms with Crippen LogP contribution in [-0.2, 0) is 6.42 Å². The quantitative estimate of drug-likeness (QED) is 0.398. The van der Waals surface area contributed by atoms with E-state index < -0.39 is 0 Å². The summed E-state index contributed by atoms with van der Waals surface area (Å²) < 4.78 is 0. The van der Waals surface area contributed by atoms with Crippen LogP contribution in [0.4, 0.5) is 11.5 Å². The van der Waals surface area contributed by atoms with Crippen molar-refractivity contribution in [3.05, 3.63) is 65.2 Å². The number of nitrogen functional groups attached to an aromatic ring is 2. The van der Waals surface area contributed by atoms with Crippen LogP contribution in [0.25, 0.3) is 28.3 Å². The first-order valence-electron chi connectivity index (χ1n) is 8.32. The van der Waals surface area contributed by atoms with Crippen molar-refractivity contribution in [2.45, 2.75) is 13.3 Å². The number of phenolic OH excluding ortho intramolecular Hbond substituents is 1. The van der Waals surface area contributed by atoms with Crippen molar-refractivity contribution < 1.29 is 5.11 Å². The number of nitrogens with two attached hydrogens (primary N) is 2. The molecule has 3 rings (SSSR count). The monoisotopic (exact) mass is 363 g/mol. The lowest BCUT2D eigenvalue weighted by molar-refractivity contribution is 0.475. The number of rotatable bonds is 4. The van der Waals surface area contributed by atoms with E-state index in [1.54, 1.807) is 23.7 Å². The highest BCUT2D eigenvalue weighted by Crippen LogP contribution is 2.37. The molecule has 0 aliphatic carbocycles. The first-order chi connectivity index (χ1) is 12.5. The second kappa shape index (κ2) is 7.54. The van der Waals surface area contributed by atoms with E-state index >= 15 is 0 Å². The molecular weight excluding hydrogens is 342 g/mol. The normalized spacial score (nSPS) is 11.2. The Morgan fingerprint density at radius 1 is 1.08 bits per heavy atom. The van der Waals surface area contributed by atoms with Gasteiger partial charge in [-0.05, 0) is 64.4 Å². The van der Waals surface area contributed by atoms with Crippen LogP contribution >= 0.6 is 12.6 Å². The zero-order chi connectivity index (χ0) is 18.7. The number of pyridine rings is 1. The Bertz CT molecular complexity index is 966. The minimum atomic E-state index is 0.219. The lowest BCUT2D eigenvalue weighted by atomic mass is 9.91. The standard InChI is InChI=1S/C21H21N3OS/c1-2-17-18(14-5-8-19(22)15(11-14)9-10-26)12-24-21(23)20(17)13-3-6-16(25)7-4-13/h3-12,25-26H,2,22H2,1H3,(H2,23,24)/b10-9+. The molecule has 0 radical (unpaired) electrons. The van der Waals surface area contributed by atoms with Gasteiger partial charge >= 0.3 is 0 Å². The Hall–Kier alpha value is -2.92. The van der Waals surface area contributed by atoms with Crippen LogP contribution in [0.1, 0.15) is 18.1 Å². The highest BCUT2D eigenvalue weighted by molar-refractivity contribution is 7.83. The maximum absolute atomic E-state index is 9.57. The summed E-state index contributed by atoms with van der Waals surface area (Å²) in [5.41, 5.74) is 18.8. The van der Waals surface area contributed by atoms with Crippen molar-refractivity contribution in [2.75, 3.05) is 11.5 Å². The van der Waals surface area contributed by atoms with Gasteiger partial charge in [-0.15, -0.1) is 0 Å². The number of benzene rings is 2. The number of aromatic nitrogens is 1. The minimum Gasteiger partial charge on any atom is -0.508 e. The van der Waals surface area contributed by atoms with Crippen LogP contribution in [0.3, 0.4) is 0 Å². The Labute approximate surface area is 158 Å². The SMILES string of the molecule is CCc1c(-c2ccc(N)c(/C=C/S)c2)cnc(N)c1-c1ccc(O)cc1. The van der Waals surface area contributed by atoms with Crippen molar-refractivity contribution in [2.24, 2.45) is 0 Å². The Balaban J connectivity index is 2.22. The fourth-order valence-corrected chi connectivity index (χ4v) is 3.26.